The Kier molecular flexibility index (Phi) is 4.00. The van der Waals surface area contributed by atoms with Gasteiger partial charge in [0.2, 0.25) is 0 Å². The van der Waals surface area contributed by atoms with Crippen LogP contribution in [0.4, 0.5) is 5.69 Å². The molecule has 1 aliphatic carbocycles. The van der Waals surface area contributed by atoms with Gasteiger partial charge in [-0.25, -0.2) is 0 Å². The van der Waals surface area contributed by atoms with Crippen LogP contribution in [0, 0.1) is 5.92 Å². The van der Waals surface area contributed by atoms with Crippen molar-refractivity contribution < 1.29 is 9.47 Å². The lowest BCUT2D eigenvalue weighted by Crippen LogP contribution is -2.21. The van der Waals surface area contributed by atoms with Gasteiger partial charge in [0.1, 0.15) is 11.5 Å². The van der Waals surface area contributed by atoms with Crippen LogP contribution >= 0.6 is 11.6 Å². The smallest absolute Gasteiger partial charge is 0.143 e. The zero-order valence-corrected chi connectivity index (χ0v) is 11.0. The Morgan fingerprint density at radius 3 is 2.47 bits per heavy atom. The lowest BCUT2D eigenvalue weighted by atomic mass is 9.85. The molecule has 0 aliphatic heterocycles. The summed E-state index contributed by atoms with van der Waals surface area (Å²) in [7, 11) is 3.26. The summed E-state index contributed by atoms with van der Waals surface area (Å²) >= 11 is 6.05. The second-order valence-electron chi connectivity index (χ2n) is 4.36. The predicted octanol–water partition coefficient (Wildman–Crippen LogP) is 3.57. The highest BCUT2D eigenvalue weighted by atomic mass is 35.5. The van der Waals surface area contributed by atoms with Crippen LogP contribution in [0.2, 0.25) is 5.02 Å². The Morgan fingerprint density at radius 2 is 1.94 bits per heavy atom. The molecule has 0 heterocycles. The molecule has 2 rings (SSSR count). The third kappa shape index (κ3) is 2.78. The molecule has 0 amide bonds. The van der Waals surface area contributed by atoms with Gasteiger partial charge in [-0.15, -0.1) is 0 Å². The summed E-state index contributed by atoms with van der Waals surface area (Å²) in [6, 6.07) is 3.67. The van der Waals surface area contributed by atoms with Gasteiger partial charge in [0, 0.05) is 18.7 Å². The molecule has 0 radical (unpaired) electrons. The highest BCUT2D eigenvalue weighted by molar-refractivity contribution is 6.32. The number of halogens is 1. The van der Waals surface area contributed by atoms with Crippen molar-refractivity contribution in [2.24, 2.45) is 5.92 Å². The zero-order valence-electron chi connectivity index (χ0n) is 10.3. The monoisotopic (exact) mass is 255 g/mol. The average molecular weight is 256 g/mol. The molecule has 0 atom stereocenters. The van der Waals surface area contributed by atoms with Crippen molar-refractivity contribution in [1.29, 1.82) is 0 Å². The van der Waals surface area contributed by atoms with E-state index in [-0.39, 0.29) is 0 Å². The number of ether oxygens (including phenoxy) is 2. The Hall–Kier alpha value is -1.09. The van der Waals surface area contributed by atoms with E-state index in [4.69, 9.17) is 21.1 Å². The summed E-state index contributed by atoms with van der Waals surface area (Å²) in [6.07, 6.45) is 3.99. The van der Waals surface area contributed by atoms with Gasteiger partial charge >= 0.3 is 0 Å². The normalized spacial score (nSPS) is 15.2. The number of methoxy groups -OCH3 is 2. The maximum atomic E-state index is 6.05. The minimum absolute atomic E-state index is 0.568. The lowest BCUT2D eigenvalue weighted by molar-refractivity contribution is 0.332. The number of nitrogens with one attached hydrogen (secondary N) is 1. The molecule has 0 aromatic heterocycles. The molecule has 0 unspecified atom stereocenters. The van der Waals surface area contributed by atoms with Crippen LogP contribution in [0.1, 0.15) is 19.3 Å². The standard InChI is InChI=1S/C13H18ClNO2/c1-16-12-7-11(13(17-2)6-10(12)14)15-8-9-4-3-5-9/h6-7,9,15H,3-5,8H2,1-2H3. The van der Waals surface area contributed by atoms with E-state index < -0.39 is 0 Å². The molecule has 1 fully saturated rings. The molecule has 4 heteroatoms. The largest absolute Gasteiger partial charge is 0.495 e. The van der Waals surface area contributed by atoms with Gasteiger partial charge in [0.25, 0.3) is 0 Å². The van der Waals surface area contributed by atoms with Gasteiger partial charge in [-0.05, 0) is 18.8 Å². The molecular weight excluding hydrogens is 238 g/mol. The number of anilines is 1. The van der Waals surface area contributed by atoms with Crippen molar-refractivity contribution >= 4 is 17.3 Å². The topological polar surface area (TPSA) is 30.5 Å². The van der Waals surface area contributed by atoms with Crippen LogP contribution in [0.15, 0.2) is 12.1 Å². The fourth-order valence-corrected chi connectivity index (χ4v) is 2.18. The fraction of sp³-hybridized carbons (Fsp3) is 0.538. The number of hydrogen-bond donors (Lipinski definition) is 1. The van der Waals surface area contributed by atoms with Gasteiger partial charge in [-0.2, -0.15) is 0 Å². The molecule has 1 saturated carbocycles. The molecule has 3 nitrogen and oxygen atoms in total. The van der Waals surface area contributed by atoms with Gasteiger partial charge in [-0.1, -0.05) is 18.0 Å². The van der Waals surface area contributed by atoms with E-state index >= 15 is 0 Å². The van der Waals surface area contributed by atoms with Crippen molar-refractivity contribution in [2.45, 2.75) is 19.3 Å². The summed E-state index contributed by atoms with van der Waals surface area (Å²) in [5.41, 5.74) is 0.945. The first kappa shape index (κ1) is 12.4. The van der Waals surface area contributed by atoms with E-state index in [1.54, 1.807) is 20.3 Å². The first-order valence-electron chi connectivity index (χ1n) is 5.90. The molecule has 0 bridgehead atoms. The molecule has 1 aliphatic rings. The molecule has 1 aromatic rings. The van der Waals surface area contributed by atoms with E-state index in [0.29, 0.717) is 10.8 Å². The lowest BCUT2D eigenvalue weighted by Gasteiger charge is -2.26. The van der Waals surface area contributed by atoms with Crippen molar-refractivity contribution in [3.05, 3.63) is 17.2 Å². The van der Waals surface area contributed by atoms with E-state index in [1.807, 2.05) is 6.07 Å². The van der Waals surface area contributed by atoms with Crippen LogP contribution in [0.3, 0.4) is 0 Å². The molecule has 1 aromatic carbocycles. The highest BCUT2D eigenvalue weighted by Gasteiger charge is 2.18. The summed E-state index contributed by atoms with van der Waals surface area (Å²) in [4.78, 5) is 0. The van der Waals surface area contributed by atoms with Crippen molar-refractivity contribution in [3.8, 4) is 11.5 Å². The summed E-state index contributed by atoms with van der Waals surface area (Å²) in [5, 5.41) is 3.97. The number of rotatable bonds is 5. The van der Waals surface area contributed by atoms with Crippen LogP contribution in [-0.4, -0.2) is 20.8 Å². The van der Waals surface area contributed by atoms with Crippen molar-refractivity contribution in [2.75, 3.05) is 26.1 Å². The average Bonchev–Trinajstić information content (AvgIpc) is 2.28. The third-order valence-electron chi connectivity index (χ3n) is 3.28. The SMILES string of the molecule is COc1cc(NCC2CCC2)c(OC)cc1Cl. The summed E-state index contributed by atoms with van der Waals surface area (Å²) < 4.78 is 10.5. The Morgan fingerprint density at radius 1 is 1.24 bits per heavy atom. The van der Waals surface area contributed by atoms with E-state index in [9.17, 15) is 0 Å². The zero-order chi connectivity index (χ0) is 12.3. The maximum Gasteiger partial charge on any atom is 0.143 e. The Balaban J connectivity index is 2.11. The van der Waals surface area contributed by atoms with Crippen LogP contribution in [-0.2, 0) is 0 Å². The molecule has 17 heavy (non-hydrogen) atoms. The van der Waals surface area contributed by atoms with Gasteiger partial charge in [0.05, 0.1) is 24.9 Å². The summed E-state index contributed by atoms with van der Waals surface area (Å²) in [5.74, 6) is 2.22. The van der Waals surface area contributed by atoms with Crippen LogP contribution < -0.4 is 14.8 Å². The molecule has 0 saturated heterocycles. The van der Waals surface area contributed by atoms with Gasteiger partial charge in [-0.3, -0.25) is 0 Å². The van der Waals surface area contributed by atoms with Crippen molar-refractivity contribution in [3.63, 3.8) is 0 Å². The maximum absolute atomic E-state index is 6.05. The highest BCUT2D eigenvalue weighted by Crippen LogP contribution is 2.36. The first-order valence-corrected chi connectivity index (χ1v) is 6.27. The van der Waals surface area contributed by atoms with Crippen LogP contribution in [0.5, 0.6) is 11.5 Å². The third-order valence-corrected chi connectivity index (χ3v) is 3.58. The van der Waals surface area contributed by atoms with Gasteiger partial charge < -0.3 is 14.8 Å². The van der Waals surface area contributed by atoms with Crippen LogP contribution in [0.25, 0.3) is 0 Å². The minimum Gasteiger partial charge on any atom is -0.495 e. The second kappa shape index (κ2) is 5.50. The second-order valence-corrected chi connectivity index (χ2v) is 4.77. The summed E-state index contributed by atoms with van der Waals surface area (Å²) in [6.45, 7) is 0.987. The molecular formula is C13H18ClNO2. The molecule has 0 spiro atoms. The Labute approximate surface area is 107 Å². The fourth-order valence-electron chi connectivity index (χ4n) is 1.95. The number of benzene rings is 1. The van der Waals surface area contributed by atoms with E-state index in [0.717, 1.165) is 23.9 Å². The van der Waals surface area contributed by atoms with Crippen molar-refractivity contribution in [1.82, 2.24) is 0 Å². The van der Waals surface area contributed by atoms with E-state index in [2.05, 4.69) is 5.32 Å². The molecule has 94 valence electrons. The van der Waals surface area contributed by atoms with Gasteiger partial charge in [0.15, 0.2) is 0 Å². The molecule has 1 N–H and O–H groups in total. The number of hydrogen-bond acceptors (Lipinski definition) is 3. The predicted molar refractivity (Wildman–Crippen MR) is 70.4 cm³/mol. The first-order chi connectivity index (χ1) is 8.24. The minimum atomic E-state index is 0.568. The Bertz CT molecular complexity index is 391. The quantitative estimate of drug-likeness (QED) is 0.873. The van der Waals surface area contributed by atoms with E-state index in [1.165, 1.54) is 19.3 Å².